The summed E-state index contributed by atoms with van der Waals surface area (Å²) in [4.78, 5) is 16.7. The highest BCUT2D eigenvalue weighted by Crippen LogP contribution is 2.39. The number of hydrogen-bond donors (Lipinski definition) is 0. The minimum Gasteiger partial charge on any atom is -0.465 e. The molecular weight excluding hydrogens is 372 g/mol. The molecule has 0 saturated heterocycles. The van der Waals surface area contributed by atoms with E-state index < -0.39 is 17.6 Å². The number of thiazole rings is 1. The predicted molar refractivity (Wildman–Crippen MR) is 97.7 cm³/mol. The second-order valence-corrected chi connectivity index (χ2v) is 6.77. The summed E-state index contributed by atoms with van der Waals surface area (Å²) in [6.07, 6.45) is 1.79. The van der Waals surface area contributed by atoms with Crippen molar-refractivity contribution in [2.24, 2.45) is 0 Å². The number of pyridine rings is 1. The maximum absolute atomic E-state index is 14.3. The molecule has 0 amide bonds. The zero-order chi connectivity index (χ0) is 19.1. The molecule has 3 aromatic heterocycles. The van der Waals surface area contributed by atoms with Crippen LogP contribution in [0.25, 0.3) is 27.3 Å². The molecule has 4 aromatic rings. The molecule has 136 valence electrons. The van der Waals surface area contributed by atoms with Crippen molar-refractivity contribution in [2.45, 2.75) is 6.92 Å². The van der Waals surface area contributed by atoms with E-state index in [1.165, 1.54) is 13.2 Å². The van der Waals surface area contributed by atoms with Gasteiger partial charge >= 0.3 is 5.97 Å². The Hall–Kier alpha value is -3.13. The van der Waals surface area contributed by atoms with E-state index in [-0.39, 0.29) is 16.1 Å². The van der Waals surface area contributed by atoms with Crippen LogP contribution in [0.2, 0.25) is 0 Å². The first-order chi connectivity index (χ1) is 13.0. The van der Waals surface area contributed by atoms with Gasteiger partial charge < -0.3 is 4.74 Å². The Morgan fingerprint density at radius 3 is 2.56 bits per heavy atom. The molecule has 8 heteroatoms. The Morgan fingerprint density at radius 2 is 1.85 bits per heavy atom. The summed E-state index contributed by atoms with van der Waals surface area (Å²) < 4.78 is 35.1. The zero-order valence-corrected chi connectivity index (χ0v) is 15.2. The van der Waals surface area contributed by atoms with E-state index in [4.69, 9.17) is 4.74 Å². The first-order valence-electron chi connectivity index (χ1n) is 7.99. The highest BCUT2D eigenvalue weighted by Gasteiger charge is 2.27. The molecule has 0 aliphatic heterocycles. The smallest absolute Gasteiger partial charge is 0.350 e. The van der Waals surface area contributed by atoms with Gasteiger partial charge in [0.25, 0.3) is 0 Å². The van der Waals surface area contributed by atoms with Crippen LogP contribution in [-0.4, -0.2) is 27.7 Å². The third kappa shape index (κ3) is 2.78. The van der Waals surface area contributed by atoms with Gasteiger partial charge in [0.05, 0.1) is 29.4 Å². The molecule has 3 heterocycles. The van der Waals surface area contributed by atoms with E-state index in [1.54, 1.807) is 10.7 Å². The maximum atomic E-state index is 14.3. The summed E-state index contributed by atoms with van der Waals surface area (Å²) in [5.41, 5.74) is 1.74. The number of nitrogens with zero attached hydrogens (tertiary/aromatic N) is 3. The average Bonchev–Trinajstić information content (AvgIpc) is 3.21. The number of rotatable bonds is 3. The van der Waals surface area contributed by atoms with Gasteiger partial charge in [-0.2, -0.15) is 5.10 Å². The number of halogens is 2. The van der Waals surface area contributed by atoms with E-state index in [1.807, 2.05) is 25.1 Å². The van der Waals surface area contributed by atoms with E-state index in [2.05, 4.69) is 10.1 Å². The van der Waals surface area contributed by atoms with Crippen molar-refractivity contribution in [1.29, 1.82) is 0 Å². The van der Waals surface area contributed by atoms with Gasteiger partial charge in [0.15, 0.2) is 0 Å². The maximum Gasteiger partial charge on any atom is 0.350 e. The molecular formula is C19H13F2N3O2S. The molecule has 0 radical (unpaired) electrons. The largest absolute Gasteiger partial charge is 0.465 e. The number of benzene rings is 1. The second kappa shape index (κ2) is 6.55. The lowest BCUT2D eigenvalue weighted by Gasteiger charge is -2.03. The first kappa shape index (κ1) is 17.3. The Morgan fingerprint density at radius 1 is 1.11 bits per heavy atom. The molecule has 27 heavy (non-hydrogen) atoms. The summed E-state index contributed by atoms with van der Waals surface area (Å²) in [5.74, 6) is -2.30. The van der Waals surface area contributed by atoms with Crippen molar-refractivity contribution in [3.05, 3.63) is 64.8 Å². The monoisotopic (exact) mass is 385 g/mol. The standard InChI is InChI=1S/C19H13F2N3O2S/c1-10-14(13-8-3-4-9-24(13)23-10)18-22-16(17(27-18)19(25)26-2)15-11(20)6-5-7-12(15)21/h3-9H,1-2H3. The van der Waals surface area contributed by atoms with Crippen LogP contribution >= 0.6 is 11.3 Å². The van der Waals surface area contributed by atoms with Crippen molar-refractivity contribution in [2.75, 3.05) is 7.11 Å². The van der Waals surface area contributed by atoms with E-state index in [0.717, 1.165) is 29.0 Å². The Bertz CT molecular complexity index is 1160. The number of ether oxygens (including phenoxy) is 1. The van der Waals surface area contributed by atoms with Crippen molar-refractivity contribution in [3.63, 3.8) is 0 Å². The average molecular weight is 385 g/mol. The van der Waals surface area contributed by atoms with Gasteiger partial charge in [-0.15, -0.1) is 11.3 Å². The highest BCUT2D eigenvalue weighted by molar-refractivity contribution is 7.17. The molecule has 0 saturated carbocycles. The van der Waals surface area contributed by atoms with Crippen LogP contribution in [0.1, 0.15) is 15.4 Å². The fourth-order valence-corrected chi connectivity index (χ4v) is 4.03. The van der Waals surface area contributed by atoms with Gasteiger partial charge in [-0.05, 0) is 31.2 Å². The van der Waals surface area contributed by atoms with Crippen LogP contribution in [0.5, 0.6) is 0 Å². The van der Waals surface area contributed by atoms with Crippen LogP contribution in [0, 0.1) is 18.6 Å². The Labute approximate surface area is 156 Å². The summed E-state index contributed by atoms with van der Waals surface area (Å²) in [5, 5.41) is 4.86. The van der Waals surface area contributed by atoms with Crippen LogP contribution in [0.4, 0.5) is 8.78 Å². The number of hydrogen-bond acceptors (Lipinski definition) is 5. The lowest BCUT2D eigenvalue weighted by atomic mass is 10.1. The SMILES string of the molecule is COC(=O)c1sc(-c2c(C)nn3ccccc23)nc1-c1c(F)cccc1F. The summed E-state index contributed by atoms with van der Waals surface area (Å²) >= 11 is 1.02. The Balaban J connectivity index is 2.01. The molecule has 0 spiro atoms. The summed E-state index contributed by atoms with van der Waals surface area (Å²) in [6.45, 7) is 1.81. The van der Waals surface area contributed by atoms with Crippen LogP contribution in [0.15, 0.2) is 42.6 Å². The van der Waals surface area contributed by atoms with Crippen LogP contribution < -0.4 is 0 Å². The van der Waals surface area contributed by atoms with Crippen molar-refractivity contribution < 1.29 is 18.3 Å². The molecule has 5 nitrogen and oxygen atoms in total. The van der Waals surface area contributed by atoms with E-state index in [0.29, 0.717) is 16.3 Å². The molecule has 0 atom stereocenters. The number of carbonyl (C=O) groups is 1. The van der Waals surface area contributed by atoms with Crippen LogP contribution in [0.3, 0.4) is 0 Å². The normalized spacial score (nSPS) is 11.1. The zero-order valence-electron chi connectivity index (χ0n) is 14.4. The van der Waals surface area contributed by atoms with E-state index >= 15 is 0 Å². The molecule has 0 bridgehead atoms. The minimum atomic E-state index is -0.798. The van der Waals surface area contributed by atoms with Gasteiger partial charge in [0.2, 0.25) is 0 Å². The summed E-state index contributed by atoms with van der Waals surface area (Å²) in [7, 11) is 1.21. The molecule has 1 aromatic carbocycles. The lowest BCUT2D eigenvalue weighted by Crippen LogP contribution is -2.02. The molecule has 4 rings (SSSR count). The van der Waals surface area contributed by atoms with Gasteiger partial charge in [-0.25, -0.2) is 23.1 Å². The fourth-order valence-electron chi connectivity index (χ4n) is 2.93. The second-order valence-electron chi connectivity index (χ2n) is 5.78. The van der Waals surface area contributed by atoms with Gasteiger partial charge in [-0.1, -0.05) is 12.1 Å². The number of aryl methyl sites for hydroxylation is 1. The van der Waals surface area contributed by atoms with E-state index in [9.17, 15) is 13.6 Å². The highest BCUT2D eigenvalue weighted by atomic mass is 32.1. The lowest BCUT2D eigenvalue weighted by molar-refractivity contribution is 0.0607. The van der Waals surface area contributed by atoms with Gasteiger partial charge in [-0.3, -0.25) is 0 Å². The number of esters is 1. The quantitative estimate of drug-likeness (QED) is 0.487. The van der Waals surface area contributed by atoms with Crippen LogP contribution in [-0.2, 0) is 4.74 Å². The van der Waals surface area contributed by atoms with Crippen molar-refractivity contribution in [1.82, 2.24) is 14.6 Å². The molecule has 0 unspecified atom stereocenters. The fraction of sp³-hybridized carbons (Fsp3) is 0.105. The van der Waals surface area contributed by atoms with Gasteiger partial charge in [0.1, 0.15) is 27.2 Å². The number of fused-ring (bicyclic) bond motifs is 1. The third-order valence-corrected chi connectivity index (χ3v) is 5.18. The molecule has 0 N–H and O–H groups in total. The predicted octanol–water partition coefficient (Wildman–Crippen LogP) is 4.50. The third-order valence-electron chi connectivity index (χ3n) is 4.13. The first-order valence-corrected chi connectivity index (χ1v) is 8.80. The Kier molecular flexibility index (Phi) is 4.19. The topological polar surface area (TPSA) is 56.5 Å². The molecule has 0 aliphatic carbocycles. The number of carbonyl (C=O) groups excluding carboxylic acids is 1. The van der Waals surface area contributed by atoms with Gasteiger partial charge in [0, 0.05) is 6.20 Å². The minimum absolute atomic E-state index is 0.0335. The van der Waals surface area contributed by atoms with Crippen molar-refractivity contribution in [3.8, 4) is 21.8 Å². The number of methoxy groups -OCH3 is 1. The summed E-state index contributed by atoms with van der Waals surface area (Å²) in [6, 6.07) is 9.06. The molecule has 0 fully saturated rings. The number of aromatic nitrogens is 3. The van der Waals surface area contributed by atoms with Crippen molar-refractivity contribution >= 4 is 22.8 Å². The molecule has 0 aliphatic rings.